The van der Waals surface area contributed by atoms with Crippen molar-refractivity contribution in [3.8, 4) is 5.75 Å². The molecule has 0 aromatic heterocycles. The number of carbonyl (C=O) groups excluding carboxylic acids is 1. The van der Waals surface area contributed by atoms with Gasteiger partial charge in [0.05, 0.1) is 0 Å². The molecule has 2 rings (SSSR count). The number of ether oxygens (including phenoxy) is 1. The van der Waals surface area contributed by atoms with E-state index in [0.29, 0.717) is 5.75 Å². The van der Waals surface area contributed by atoms with E-state index in [2.05, 4.69) is 26.5 Å². The van der Waals surface area contributed by atoms with Gasteiger partial charge in [-0.1, -0.05) is 60.9 Å². The number of hydrogen-bond donors (Lipinski definition) is 1. The fourth-order valence-corrected chi connectivity index (χ4v) is 3.41. The summed E-state index contributed by atoms with van der Waals surface area (Å²) >= 11 is 3.46. The van der Waals surface area contributed by atoms with Crippen LogP contribution in [0.3, 0.4) is 0 Å². The standard InChI is InChI=1S/C21H31BrN2O2/c1-17-15-19(13-14-20(17)22)26-16-21(25)24-23-18-11-9-7-5-3-2-4-6-8-10-12-18/h13-15H,2-12,16H2,1H3,(H,24,25). The molecule has 1 saturated carbocycles. The summed E-state index contributed by atoms with van der Waals surface area (Å²) < 4.78 is 6.58. The van der Waals surface area contributed by atoms with E-state index < -0.39 is 0 Å². The Morgan fingerprint density at radius 2 is 1.62 bits per heavy atom. The lowest BCUT2D eigenvalue weighted by molar-refractivity contribution is -0.123. The van der Waals surface area contributed by atoms with Gasteiger partial charge in [-0.3, -0.25) is 4.79 Å². The number of halogens is 1. The van der Waals surface area contributed by atoms with Crippen LogP contribution in [-0.4, -0.2) is 18.2 Å². The number of amides is 1. The minimum Gasteiger partial charge on any atom is -0.484 e. The van der Waals surface area contributed by atoms with E-state index in [1.165, 1.54) is 57.8 Å². The molecule has 0 aliphatic heterocycles. The Balaban J connectivity index is 1.78. The quantitative estimate of drug-likeness (QED) is 0.612. The summed E-state index contributed by atoms with van der Waals surface area (Å²) in [6.07, 6.45) is 13.6. The molecule has 1 aliphatic carbocycles. The van der Waals surface area contributed by atoms with Crippen molar-refractivity contribution in [3.05, 3.63) is 28.2 Å². The molecular formula is C21H31BrN2O2. The van der Waals surface area contributed by atoms with Crippen molar-refractivity contribution >= 4 is 27.5 Å². The van der Waals surface area contributed by atoms with Gasteiger partial charge in [-0.2, -0.15) is 5.10 Å². The third kappa shape index (κ3) is 8.35. The highest BCUT2D eigenvalue weighted by Gasteiger charge is 2.06. The second kappa shape index (κ2) is 12.1. The van der Waals surface area contributed by atoms with Gasteiger partial charge in [0.15, 0.2) is 6.61 Å². The fourth-order valence-electron chi connectivity index (χ4n) is 3.16. The van der Waals surface area contributed by atoms with Crippen molar-refractivity contribution in [2.24, 2.45) is 5.10 Å². The Morgan fingerprint density at radius 1 is 1.04 bits per heavy atom. The highest BCUT2D eigenvalue weighted by atomic mass is 79.9. The second-order valence-electron chi connectivity index (χ2n) is 7.09. The first-order valence-electron chi connectivity index (χ1n) is 9.88. The lowest BCUT2D eigenvalue weighted by atomic mass is 10.00. The molecular weight excluding hydrogens is 392 g/mol. The van der Waals surface area contributed by atoms with Crippen molar-refractivity contribution in [2.75, 3.05) is 6.61 Å². The van der Waals surface area contributed by atoms with E-state index in [4.69, 9.17) is 4.74 Å². The first-order chi connectivity index (χ1) is 12.6. The summed E-state index contributed by atoms with van der Waals surface area (Å²) in [7, 11) is 0. The van der Waals surface area contributed by atoms with Crippen molar-refractivity contribution < 1.29 is 9.53 Å². The summed E-state index contributed by atoms with van der Waals surface area (Å²) in [5.74, 6) is 0.490. The number of aryl methyl sites for hydroxylation is 1. The van der Waals surface area contributed by atoms with Gasteiger partial charge < -0.3 is 4.74 Å². The van der Waals surface area contributed by atoms with Crippen LogP contribution in [0.5, 0.6) is 5.75 Å². The van der Waals surface area contributed by atoms with Gasteiger partial charge in [0, 0.05) is 10.2 Å². The molecule has 1 aliphatic rings. The Labute approximate surface area is 165 Å². The van der Waals surface area contributed by atoms with Crippen LogP contribution in [0.25, 0.3) is 0 Å². The molecule has 26 heavy (non-hydrogen) atoms. The van der Waals surface area contributed by atoms with E-state index in [1.54, 1.807) is 0 Å². The molecule has 0 unspecified atom stereocenters. The molecule has 0 radical (unpaired) electrons. The van der Waals surface area contributed by atoms with E-state index in [9.17, 15) is 4.79 Å². The lowest BCUT2D eigenvalue weighted by Gasteiger charge is -2.10. The topological polar surface area (TPSA) is 50.7 Å². The van der Waals surface area contributed by atoms with Crippen LogP contribution in [0.2, 0.25) is 0 Å². The van der Waals surface area contributed by atoms with Gasteiger partial charge >= 0.3 is 0 Å². The Bertz CT molecular complexity index is 588. The smallest absolute Gasteiger partial charge is 0.277 e. The molecule has 1 amide bonds. The Kier molecular flexibility index (Phi) is 9.75. The van der Waals surface area contributed by atoms with Crippen LogP contribution >= 0.6 is 15.9 Å². The third-order valence-electron chi connectivity index (χ3n) is 4.77. The third-order valence-corrected chi connectivity index (χ3v) is 5.66. The molecule has 144 valence electrons. The number of carbonyl (C=O) groups is 1. The van der Waals surface area contributed by atoms with Crippen LogP contribution in [-0.2, 0) is 4.79 Å². The van der Waals surface area contributed by atoms with Gasteiger partial charge in [0.1, 0.15) is 5.75 Å². The first kappa shape index (κ1) is 20.9. The monoisotopic (exact) mass is 422 g/mol. The summed E-state index contributed by atoms with van der Waals surface area (Å²) in [6.45, 7) is 1.98. The van der Waals surface area contributed by atoms with Gasteiger partial charge in [0.25, 0.3) is 5.91 Å². The highest BCUT2D eigenvalue weighted by molar-refractivity contribution is 9.10. The largest absolute Gasteiger partial charge is 0.484 e. The average molecular weight is 423 g/mol. The van der Waals surface area contributed by atoms with Gasteiger partial charge in [0.2, 0.25) is 0 Å². The van der Waals surface area contributed by atoms with Crippen molar-refractivity contribution in [1.29, 1.82) is 0 Å². The molecule has 1 N–H and O–H groups in total. The predicted octanol–water partition coefficient (Wildman–Crippen LogP) is 5.91. The number of benzene rings is 1. The molecule has 5 heteroatoms. The molecule has 0 saturated heterocycles. The summed E-state index contributed by atoms with van der Waals surface area (Å²) in [6, 6.07) is 5.69. The maximum absolute atomic E-state index is 12.0. The van der Waals surface area contributed by atoms with Crippen LogP contribution in [0, 0.1) is 6.92 Å². The maximum atomic E-state index is 12.0. The van der Waals surface area contributed by atoms with Crippen molar-refractivity contribution in [3.63, 3.8) is 0 Å². The van der Waals surface area contributed by atoms with Crippen LogP contribution in [0.15, 0.2) is 27.8 Å². The maximum Gasteiger partial charge on any atom is 0.277 e. The van der Waals surface area contributed by atoms with Crippen molar-refractivity contribution in [1.82, 2.24) is 5.43 Å². The molecule has 0 atom stereocenters. The predicted molar refractivity (Wildman–Crippen MR) is 111 cm³/mol. The van der Waals surface area contributed by atoms with Crippen LogP contribution in [0.1, 0.15) is 76.2 Å². The summed E-state index contributed by atoms with van der Waals surface area (Å²) in [5.41, 5.74) is 4.88. The summed E-state index contributed by atoms with van der Waals surface area (Å²) in [5, 5.41) is 4.38. The van der Waals surface area contributed by atoms with E-state index in [0.717, 1.165) is 28.6 Å². The highest BCUT2D eigenvalue weighted by Crippen LogP contribution is 2.21. The number of rotatable bonds is 4. The molecule has 1 aromatic carbocycles. The number of nitrogens with one attached hydrogen (secondary N) is 1. The van der Waals surface area contributed by atoms with Crippen molar-refractivity contribution in [2.45, 2.75) is 77.6 Å². The zero-order valence-corrected chi connectivity index (χ0v) is 17.4. The van der Waals surface area contributed by atoms with Crippen LogP contribution in [0.4, 0.5) is 0 Å². The fraction of sp³-hybridized carbons (Fsp3) is 0.619. The molecule has 0 heterocycles. The van der Waals surface area contributed by atoms with Gasteiger partial charge in [-0.15, -0.1) is 0 Å². The van der Waals surface area contributed by atoms with E-state index in [1.807, 2.05) is 25.1 Å². The molecule has 1 aromatic rings. The zero-order chi connectivity index (χ0) is 18.6. The summed E-state index contributed by atoms with van der Waals surface area (Å²) in [4.78, 5) is 12.0. The number of nitrogens with zero attached hydrogens (tertiary/aromatic N) is 1. The van der Waals surface area contributed by atoms with E-state index >= 15 is 0 Å². The molecule has 0 bridgehead atoms. The SMILES string of the molecule is Cc1cc(OCC(=O)NN=C2CCCCCCCCCCC2)ccc1Br. The van der Waals surface area contributed by atoms with Gasteiger partial charge in [-0.25, -0.2) is 5.43 Å². The van der Waals surface area contributed by atoms with Crippen LogP contribution < -0.4 is 10.2 Å². The minimum atomic E-state index is -0.204. The Hall–Kier alpha value is -1.36. The Morgan fingerprint density at radius 3 is 2.19 bits per heavy atom. The normalized spacial score (nSPS) is 16.9. The zero-order valence-electron chi connectivity index (χ0n) is 15.9. The molecule has 4 nitrogen and oxygen atoms in total. The second-order valence-corrected chi connectivity index (χ2v) is 7.95. The first-order valence-corrected chi connectivity index (χ1v) is 10.7. The molecule has 0 spiro atoms. The van der Waals surface area contributed by atoms with E-state index in [-0.39, 0.29) is 12.5 Å². The lowest BCUT2D eigenvalue weighted by Crippen LogP contribution is -2.26. The van der Waals surface area contributed by atoms with Gasteiger partial charge in [-0.05, 0) is 56.4 Å². The molecule has 1 fully saturated rings. The number of hydrogen-bond acceptors (Lipinski definition) is 3. The number of hydrazone groups is 1. The minimum absolute atomic E-state index is 0.0160. The average Bonchev–Trinajstić information content (AvgIpc) is 2.62.